The van der Waals surface area contributed by atoms with Gasteiger partial charge in [0.2, 0.25) is 0 Å². The maximum atomic E-state index is 5.58. The zero-order valence-corrected chi connectivity index (χ0v) is 9.97. The molecule has 3 heteroatoms. The van der Waals surface area contributed by atoms with Crippen LogP contribution in [0.1, 0.15) is 17.2 Å². The quantitative estimate of drug-likeness (QED) is 0.763. The minimum atomic E-state index is 0.436. The van der Waals surface area contributed by atoms with Crippen molar-refractivity contribution in [2.45, 2.75) is 13.0 Å². The van der Waals surface area contributed by atoms with Gasteiger partial charge in [-0.25, -0.2) is 0 Å². The van der Waals surface area contributed by atoms with E-state index in [0.29, 0.717) is 13.0 Å². The molecule has 0 spiro atoms. The van der Waals surface area contributed by atoms with Gasteiger partial charge in [-0.3, -0.25) is 4.98 Å². The molecule has 0 atom stereocenters. The summed E-state index contributed by atoms with van der Waals surface area (Å²) in [5.74, 6) is 1.71. The summed E-state index contributed by atoms with van der Waals surface area (Å²) in [6.07, 6.45) is 0.699. The predicted octanol–water partition coefficient (Wildman–Crippen LogP) is 2.88. The minimum absolute atomic E-state index is 0.436. The Kier molecular flexibility index (Phi) is 2.82. The third kappa shape index (κ3) is 2.13. The summed E-state index contributed by atoms with van der Waals surface area (Å²) in [5.41, 5.74) is 7.54. The molecule has 0 unspecified atom stereocenters. The number of nitrogens with zero attached hydrogens (tertiary/aromatic N) is 1. The molecule has 2 heterocycles. The second-order valence-electron chi connectivity index (χ2n) is 4.24. The van der Waals surface area contributed by atoms with E-state index in [0.717, 1.165) is 28.1 Å². The molecule has 0 aliphatic rings. The Balaban J connectivity index is 1.90. The van der Waals surface area contributed by atoms with Crippen LogP contribution in [0.25, 0.3) is 10.9 Å². The van der Waals surface area contributed by atoms with Gasteiger partial charge in [0.15, 0.2) is 0 Å². The van der Waals surface area contributed by atoms with Crippen LogP contribution in [-0.4, -0.2) is 4.98 Å². The first kappa shape index (κ1) is 11.0. The highest BCUT2D eigenvalue weighted by Gasteiger charge is 2.04. The molecular weight excluding hydrogens is 224 g/mol. The van der Waals surface area contributed by atoms with E-state index >= 15 is 0 Å². The minimum Gasteiger partial charge on any atom is -0.464 e. The highest BCUT2D eigenvalue weighted by atomic mass is 16.3. The molecule has 2 aromatic heterocycles. The number of nitrogens with two attached hydrogens (primary N) is 1. The van der Waals surface area contributed by atoms with Crippen LogP contribution in [0.15, 0.2) is 52.9 Å². The number of benzene rings is 1. The number of rotatable bonds is 3. The standard InChI is InChI=1S/C15H14N2O/c16-10-14-8-7-13(18-14)9-12-6-5-11-3-1-2-4-15(11)17-12/h1-8H,9-10,16H2. The average molecular weight is 238 g/mol. The van der Waals surface area contributed by atoms with E-state index in [4.69, 9.17) is 10.2 Å². The number of pyridine rings is 1. The van der Waals surface area contributed by atoms with Gasteiger partial charge in [0, 0.05) is 17.5 Å². The molecule has 0 saturated heterocycles. The zero-order chi connectivity index (χ0) is 12.4. The van der Waals surface area contributed by atoms with Crippen LogP contribution >= 0.6 is 0 Å². The van der Waals surface area contributed by atoms with Gasteiger partial charge in [-0.05, 0) is 24.3 Å². The topological polar surface area (TPSA) is 52.0 Å². The first-order chi connectivity index (χ1) is 8.85. The van der Waals surface area contributed by atoms with Crippen molar-refractivity contribution in [3.8, 4) is 0 Å². The van der Waals surface area contributed by atoms with Crippen molar-refractivity contribution in [3.05, 3.63) is 65.7 Å². The molecule has 18 heavy (non-hydrogen) atoms. The van der Waals surface area contributed by atoms with Crippen LogP contribution in [0.3, 0.4) is 0 Å². The first-order valence-electron chi connectivity index (χ1n) is 5.97. The summed E-state index contributed by atoms with van der Waals surface area (Å²) in [4.78, 5) is 4.61. The number of para-hydroxylation sites is 1. The van der Waals surface area contributed by atoms with Gasteiger partial charge in [-0.15, -0.1) is 0 Å². The lowest BCUT2D eigenvalue weighted by molar-refractivity contribution is 0.474. The monoisotopic (exact) mass is 238 g/mol. The largest absolute Gasteiger partial charge is 0.464 e. The predicted molar refractivity (Wildman–Crippen MR) is 71.1 cm³/mol. The fourth-order valence-electron chi connectivity index (χ4n) is 2.01. The van der Waals surface area contributed by atoms with E-state index in [1.165, 1.54) is 0 Å². The molecule has 0 fully saturated rings. The van der Waals surface area contributed by atoms with Crippen molar-refractivity contribution in [2.24, 2.45) is 5.73 Å². The van der Waals surface area contributed by atoms with Gasteiger partial charge in [-0.2, -0.15) is 0 Å². The molecule has 90 valence electrons. The van der Waals surface area contributed by atoms with E-state index in [-0.39, 0.29) is 0 Å². The lowest BCUT2D eigenvalue weighted by atomic mass is 10.1. The van der Waals surface area contributed by atoms with Crippen molar-refractivity contribution in [2.75, 3.05) is 0 Å². The van der Waals surface area contributed by atoms with Crippen molar-refractivity contribution in [1.29, 1.82) is 0 Å². The number of furan rings is 1. The van der Waals surface area contributed by atoms with Gasteiger partial charge < -0.3 is 10.2 Å². The van der Waals surface area contributed by atoms with Crippen molar-refractivity contribution >= 4 is 10.9 Å². The SMILES string of the molecule is NCc1ccc(Cc2ccc3ccccc3n2)o1. The van der Waals surface area contributed by atoms with E-state index in [9.17, 15) is 0 Å². The molecule has 2 N–H and O–H groups in total. The van der Waals surface area contributed by atoms with Crippen LogP contribution in [0.5, 0.6) is 0 Å². The Morgan fingerprint density at radius 2 is 1.78 bits per heavy atom. The molecule has 3 nitrogen and oxygen atoms in total. The smallest absolute Gasteiger partial charge is 0.117 e. The molecule has 3 rings (SSSR count). The van der Waals surface area contributed by atoms with E-state index < -0.39 is 0 Å². The van der Waals surface area contributed by atoms with E-state index in [2.05, 4.69) is 17.1 Å². The van der Waals surface area contributed by atoms with E-state index in [1.807, 2.05) is 36.4 Å². The number of hydrogen-bond acceptors (Lipinski definition) is 3. The van der Waals surface area contributed by atoms with Gasteiger partial charge in [-0.1, -0.05) is 24.3 Å². The highest BCUT2D eigenvalue weighted by molar-refractivity contribution is 5.78. The molecule has 3 aromatic rings. The molecule has 0 amide bonds. The Bertz CT molecular complexity index is 673. The van der Waals surface area contributed by atoms with Crippen LogP contribution in [0.2, 0.25) is 0 Å². The van der Waals surface area contributed by atoms with Crippen LogP contribution in [-0.2, 0) is 13.0 Å². The molecule has 0 saturated carbocycles. The van der Waals surface area contributed by atoms with Crippen molar-refractivity contribution < 1.29 is 4.42 Å². The Morgan fingerprint density at radius 3 is 2.61 bits per heavy atom. The van der Waals surface area contributed by atoms with E-state index in [1.54, 1.807) is 0 Å². The molecule has 0 aliphatic heterocycles. The highest BCUT2D eigenvalue weighted by Crippen LogP contribution is 2.15. The second kappa shape index (κ2) is 4.63. The second-order valence-corrected chi connectivity index (χ2v) is 4.24. The summed E-state index contributed by atoms with van der Waals surface area (Å²) in [5, 5.41) is 1.16. The Labute approximate surface area is 105 Å². The summed E-state index contributed by atoms with van der Waals surface area (Å²) in [6, 6.07) is 16.1. The lowest BCUT2D eigenvalue weighted by Gasteiger charge is -2.01. The molecule has 0 aliphatic carbocycles. The third-order valence-electron chi connectivity index (χ3n) is 2.93. The molecular formula is C15H14N2O. The Hall–Kier alpha value is -2.13. The molecule has 0 bridgehead atoms. The molecule has 0 radical (unpaired) electrons. The third-order valence-corrected chi connectivity index (χ3v) is 2.93. The van der Waals surface area contributed by atoms with Gasteiger partial charge in [0.05, 0.1) is 12.1 Å². The van der Waals surface area contributed by atoms with Crippen LogP contribution in [0, 0.1) is 0 Å². The summed E-state index contributed by atoms with van der Waals surface area (Å²) in [6.45, 7) is 0.436. The summed E-state index contributed by atoms with van der Waals surface area (Å²) >= 11 is 0. The fraction of sp³-hybridized carbons (Fsp3) is 0.133. The van der Waals surface area contributed by atoms with Crippen LogP contribution < -0.4 is 5.73 Å². The number of fused-ring (bicyclic) bond motifs is 1. The number of aromatic nitrogens is 1. The molecule has 1 aromatic carbocycles. The van der Waals surface area contributed by atoms with Crippen LogP contribution in [0.4, 0.5) is 0 Å². The first-order valence-corrected chi connectivity index (χ1v) is 5.97. The van der Waals surface area contributed by atoms with Gasteiger partial charge in [0.25, 0.3) is 0 Å². The summed E-state index contributed by atoms with van der Waals surface area (Å²) in [7, 11) is 0. The van der Waals surface area contributed by atoms with Gasteiger partial charge in [0.1, 0.15) is 11.5 Å². The Morgan fingerprint density at radius 1 is 0.944 bits per heavy atom. The maximum Gasteiger partial charge on any atom is 0.117 e. The summed E-state index contributed by atoms with van der Waals surface area (Å²) < 4.78 is 5.58. The fourth-order valence-corrected chi connectivity index (χ4v) is 2.01. The normalized spacial score (nSPS) is 10.9. The number of hydrogen-bond donors (Lipinski definition) is 1. The lowest BCUT2D eigenvalue weighted by Crippen LogP contribution is -1.94. The van der Waals surface area contributed by atoms with Crippen molar-refractivity contribution in [1.82, 2.24) is 4.98 Å². The maximum absolute atomic E-state index is 5.58. The zero-order valence-electron chi connectivity index (χ0n) is 9.97. The van der Waals surface area contributed by atoms with Gasteiger partial charge >= 0.3 is 0 Å². The van der Waals surface area contributed by atoms with Crippen molar-refractivity contribution in [3.63, 3.8) is 0 Å². The average Bonchev–Trinajstić information content (AvgIpc) is 2.86.